The third-order valence-electron chi connectivity index (χ3n) is 6.60. The lowest BCUT2D eigenvalue weighted by atomic mass is 10.0. The van der Waals surface area contributed by atoms with E-state index in [0.717, 1.165) is 5.56 Å². The number of hydrogen-bond donors (Lipinski definition) is 5. The summed E-state index contributed by atoms with van der Waals surface area (Å²) in [5.41, 5.74) is 8.02. The first-order chi connectivity index (χ1) is 17.9. The van der Waals surface area contributed by atoms with Gasteiger partial charge in [-0.25, -0.2) is 9.97 Å². The number of aliphatic hydroxyl groups excluding tert-OH is 2. The van der Waals surface area contributed by atoms with Crippen LogP contribution in [0.4, 0.5) is 5.82 Å². The first-order valence-electron chi connectivity index (χ1n) is 12.0. The molecule has 1 aliphatic heterocycles. The highest BCUT2D eigenvalue weighted by atomic mass is 32.2. The number of nitrogens with one attached hydrogen (secondary N) is 1. The number of carbonyl (C=O) groups is 1. The van der Waals surface area contributed by atoms with E-state index in [4.69, 9.17) is 15.6 Å². The molecular formula is C26H29N5O5S. The highest BCUT2D eigenvalue weighted by Crippen LogP contribution is 2.34. The molecule has 194 valence electrons. The molecule has 5 unspecified atom stereocenters. The molecule has 0 spiro atoms. The quantitative estimate of drug-likeness (QED) is 0.196. The molecule has 6 N–H and O–H groups in total. The van der Waals surface area contributed by atoms with Crippen molar-refractivity contribution in [1.82, 2.24) is 14.5 Å². The maximum Gasteiger partial charge on any atom is 0.320 e. The number of aromatic nitrogens is 3. The van der Waals surface area contributed by atoms with Crippen molar-refractivity contribution in [1.29, 1.82) is 0 Å². The second-order valence-corrected chi connectivity index (χ2v) is 10.2. The van der Waals surface area contributed by atoms with Gasteiger partial charge in [-0.1, -0.05) is 42.5 Å². The maximum absolute atomic E-state index is 10.9. The summed E-state index contributed by atoms with van der Waals surface area (Å²) in [4.78, 5) is 19.9. The van der Waals surface area contributed by atoms with Crippen LogP contribution in [0.3, 0.4) is 0 Å². The van der Waals surface area contributed by atoms with Crippen LogP contribution in [-0.2, 0) is 16.1 Å². The minimum Gasteiger partial charge on any atom is -0.480 e. The van der Waals surface area contributed by atoms with Gasteiger partial charge in [-0.2, -0.15) is 11.8 Å². The van der Waals surface area contributed by atoms with E-state index in [-0.39, 0.29) is 0 Å². The number of nitrogens with zero attached hydrogens (tertiary/aromatic N) is 3. The van der Waals surface area contributed by atoms with Crippen LogP contribution >= 0.6 is 11.8 Å². The van der Waals surface area contributed by atoms with Crippen molar-refractivity contribution in [3.63, 3.8) is 0 Å². The Kier molecular flexibility index (Phi) is 7.58. The average Bonchev–Trinajstić information content (AvgIpc) is 3.46. The summed E-state index contributed by atoms with van der Waals surface area (Å²) in [5.74, 6) is 0.471. The van der Waals surface area contributed by atoms with Crippen LogP contribution in [0.15, 0.2) is 61.1 Å². The Balaban J connectivity index is 1.28. The Morgan fingerprint density at radius 2 is 1.95 bits per heavy atom. The number of pyridine rings is 1. The normalized spacial score (nSPS) is 22.5. The van der Waals surface area contributed by atoms with Crippen molar-refractivity contribution in [3.05, 3.63) is 66.6 Å². The zero-order valence-corrected chi connectivity index (χ0v) is 20.8. The van der Waals surface area contributed by atoms with Gasteiger partial charge >= 0.3 is 5.97 Å². The molecule has 5 atom stereocenters. The zero-order valence-electron chi connectivity index (χ0n) is 20.0. The summed E-state index contributed by atoms with van der Waals surface area (Å²) in [5, 5.41) is 35.9. The van der Waals surface area contributed by atoms with E-state index in [1.807, 2.05) is 18.2 Å². The number of anilines is 1. The van der Waals surface area contributed by atoms with Gasteiger partial charge in [-0.3, -0.25) is 4.79 Å². The second-order valence-electron chi connectivity index (χ2n) is 9.03. The molecule has 0 radical (unpaired) electrons. The summed E-state index contributed by atoms with van der Waals surface area (Å²) in [7, 11) is 0. The Morgan fingerprint density at radius 3 is 2.78 bits per heavy atom. The molecule has 37 heavy (non-hydrogen) atoms. The number of fused-ring (bicyclic) bond motifs is 2. The smallest absolute Gasteiger partial charge is 0.320 e. The van der Waals surface area contributed by atoms with Crippen molar-refractivity contribution < 1.29 is 24.9 Å². The Bertz CT molecular complexity index is 1390. The highest BCUT2D eigenvalue weighted by molar-refractivity contribution is 7.99. The first-order valence-corrected chi connectivity index (χ1v) is 13.2. The molecule has 1 saturated heterocycles. The number of nitrogens with two attached hydrogens (primary N) is 1. The van der Waals surface area contributed by atoms with Crippen molar-refractivity contribution in [3.8, 4) is 0 Å². The molecular weight excluding hydrogens is 494 g/mol. The fourth-order valence-electron chi connectivity index (χ4n) is 4.55. The number of carboxylic acid groups (broad SMARTS) is 1. The lowest BCUT2D eigenvalue weighted by molar-refractivity contribution is -0.138. The van der Waals surface area contributed by atoms with Gasteiger partial charge in [0.05, 0.1) is 17.9 Å². The van der Waals surface area contributed by atoms with Crippen molar-refractivity contribution in [2.75, 3.05) is 16.8 Å². The van der Waals surface area contributed by atoms with E-state index in [1.54, 1.807) is 23.2 Å². The van der Waals surface area contributed by atoms with Crippen molar-refractivity contribution in [2.45, 2.75) is 43.5 Å². The Hall–Kier alpha value is -3.22. The Morgan fingerprint density at radius 1 is 1.14 bits per heavy atom. The Labute approximate surface area is 217 Å². The number of rotatable bonds is 10. The van der Waals surface area contributed by atoms with Crippen LogP contribution in [-0.4, -0.2) is 71.7 Å². The maximum atomic E-state index is 10.9. The van der Waals surface area contributed by atoms with Crippen molar-refractivity contribution in [2.24, 2.45) is 5.73 Å². The van der Waals surface area contributed by atoms with E-state index in [9.17, 15) is 15.0 Å². The molecule has 0 saturated carbocycles. The first kappa shape index (κ1) is 25.4. The fraction of sp³-hybridized carbons (Fsp3) is 0.346. The van der Waals surface area contributed by atoms with Gasteiger partial charge in [0.2, 0.25) is 0 Å². The molecule has 0 amide bonds. The lowest BCUT2D eigenvalue weighted by Crippen LogP contribution is -2.33. The van der Waals surface area contributed by atoms with Crippen LogP contribution in [0.1, 0.15) is 18.2 Å². The predicted octanol–water partition coefficient (Wildman–Crippen LogP) is 2.35. The van der Waals surface area contributed by atoms with Gasteiger partial charge in [0.1, 0.15) is 23.8 Å². The third-order valence-corrected chi connectivity index (χ3v) is 7.69. The van der Waals surface area contributed by atoms with E-state index in [2.05, 4.69) is 39.6 Å². The molecule has 1 fully saturated rings. The number of carboxylic acids is 1. The third kappa shape index (κ3) is 5.27. The van der Waals surface area contributed by atoms with E-state index in [1.165, 1.54) is 22.5 Å². The number of imidazole rings is 1. The summed E-state index contributed by atoms with van der Waals surface area (Å²) in [6.45, 7) is 0.562. The number of aliphatic hydroxyl groups is 2. The SMILES string of the molecule is NC(CCSCC1OC(n2cnc3c(NCc4cccc5ccccc45)nccc32)C(O)C1O)C(=O)O. The summed E-state index contributed by atoms with van der Waals surface area (Å²) >= 11 is 1.43. The van der Waals surface area contributed by atoms with Gasteiger partial charge in [0.15, 0.2) is 12.0 Å². The minimum atomic E-state index is -1.15. The molecule has 0 bridgehead atoms. The van der Waals surface area contributed by atoms with Crippen LogP contribution < -0.4 is 11.1 Å². The number of aliphatic carboxylic acids is 1. The van der Waals surface area contributed by atoms with Gasteiger partial charge in [0.25, 0.3) is 0 Å². The van der Waals surface area contributed by atoms with Gasteiger partial charge < -0.3 is 35.7 Å². The summed E-state index contributed by atoms with van der Waals surface area (Å²) in [6.07, 6.45) is -0.115. The number of thioether (sulfide) groups is 1. The molecule has 2 aromatic carbocycles. The average molecular weight is 524 g/mol. The van der Waals surface area contributed by atoms with E-state index < -0.39 is 36.6 Å². The summed E-state index contributed by atoms with van der Waals surface area (Å²) < 4.78 is 7.73. The second kappa shape index (κ2) is 11.0. The van der Waals surface area contributed by atoms with Crippen LogP contribution in [0.5, 0.6) is 0 Å². The van der Waals surface area contributed by atoms with Gasteiger partial charge in [-0.05, 0) is 34.6 Å². The largest absolute Gasteiger partial charge is 0.480 e. The van der Waals surface area contributed by atoms with Crippen LogP contribution in [0, 0.1) is 0 Å². The molecule has 11 heteroatoms. The van der Waals surface area contributed by atoms with Crippen molar-refractivity contribution >= 4 is 45.4 Å². The van der Waals surface area contributed by atoms with Crippen LogP contribution in [0.2, 0.25) is 0 Å². The number of benzene rings is 2. The molecule has 10 nitrogen and oxygen atoms in total. The number of ether oxygens (including phenoxy) is 1. The van der Waals surface area contributed by atoms with Gasteiger partial charge in [0, 0.05) is 18.5 Å². The highest BCUT2D eigenvalue weighted by Gasteiger charge is 2.44. The molecule has 0 aliphatic carbocycles. The predicted molar refractivity (Wildman–Crippen MR) is 142 cm³/mol. The molecule has 2 aromatic heterocycles. The topological polar surface area (TPSA) is 156 Å². The number of hydrogen-bond acceptors (Lipinski definition) is 9. The lowest BCUT2D eigenvalue weighted by Gasteiger charge is -2.17. The molecule has 5 rings (SSSR count). The minimum absolute atomic E-state index is 0.308. The fourth-order valence-corrected chi connectivity index (χ4v) is 5.64. The summed E-state index contributed by atoms with van der Waals surface area (Å²) in [6, 6.07) is 15.3. The molecule has 1 aliphatic rings. The van der Waals surface area contributed by atoms with E-state index >= 15 is 0 Å². The van der Waals surface area contributed by atoms with E-state index in [0.29, 0.717) is 41.3 Å². The molecule has 3 heterocycles. The van der Waals surface area contributed by atoms with Gasteiger partial charge in [-0.15, -0.1) is 0 Å². The monoisotopic (exact) mass is 523 g/mol. The standard InChI is InChI=1S/C26H29N5O5S/c27-18(26(34)35)9-11-37-13-20-22(32)23(33)25(36-20)31-14-30-21-19(31)8-10-28-24(21)29-12-16-6-3-5-15-4-1-2-7-17(15)16/h1-8,10,14,18,20,22-23,25,32-33H,9,11-13,27H2,(H,28,29)(H,34,35). The zero-order chi connectivity index (χ0) is 25.9. The van der Waals surface area contributed by atoms with Crippen LogP contribution in [0.25, 0.3) is 21.8 Å². The molecule has 4 aromatic rings.